The van der Waals surface area contributed by atoms with Gasteiger partial charge >= 0.3 is 5.97 Å². The second kappa shape index (κ2) is 14.6. The fraction of sp³-hybridized carbons (Fsp3) is 0.237. The first kappa shape index (κ1) is 32.6. The van der Waals surface area contributed by atoms with Gasteiger partial charge in [0.05, 0.1) is 43.1 Å². The lowest BCUT2D eigenvalue weighted by Crippen LogP contribution is -2.39. The van der Waals surface area contributed by atoms with Gasteiger partial charge in [0, 0.05) is 6.20 Å². The van der Waals surface area contributed by atoms with E-state index in [4.69, 9.17) is 23.7 Å². The number of thiazole rings is 1. The van der Waals surface area contributed by atoms with E-state index in [9.17, 15) is 9.59 Å². The van der Waals surface area contributed by atoms with Gasteiger partial charge in [-0.2, -0.15) is 0 Å². The Bertz CT molecular complexity index is 2180. The summed E-state index contributed by atoms with van der Waals surface area (Å²) < 4.78 is 30.8. The second-order valence-corrected chi connectivity index (χ2v) is 11.9. The maximum atomic E-state index is 14.1. The number of methoxy groups -OCH3 is 1. The summed E-state index contributed by atoms with van der Waals surface area (Å²) in [6, 6.07) is 24.7. The molecule has 48 heavy (non-hydrogen) atoms. The molecule has 246 valence electrons. The molecule has 4 aromatic carbocycles. The van der Waals surface area contributed by atoms with Crippen LogP contribution in [-0.4, -0.2) is 37.5 Å². The van der Waals surface area contributed by atoms with Crippen molar-refractivity contribution in [1.29, 1.82) is 0 Å². The average Bonchev–Trinajstić information content (AvgIpc) is 3.42. The molecular formula is C38H36N2O7S. The molecule has 0 saturated heterocycles. The molecule has 9 nitrogen and oxygen atoms in total. The minimum absolute atomic E-state index is 0.231. The van der Waals surface area contributed by atoms with E-state index in [0.717, 1.165) is 16.5 Å². The third kappa shape index (κ3) is 6.70. The normalized spacial score (nSPS) is 14.1. The van der Waals surface area contributed by atoms with E-state index in [-0.39, 0.29) is 11.1 Å². The predicted octanol–water partition coefficient (Wildman–Crippen LogP) is 5.95. The molecule has 2 heterocycles. The number of fused-ring (bicyclic) bond motifs is 2. The van der Waals surface area contributed by atoms with Crippen LogP contribution in [0.4, 0.5) is 0 Å². The third-order valence-corrected chi connectivity index (χ3v) is 8.78. The first-order chi connectivity index (χ1) is 23.4. The summed E-state index contributed by atoms with van der Waals surface area (Å²) in [4.78, 5) is 31.9. The molecule has 0 spiro atoms. The SMILES string of the molecule is CCOc1ccc([C@@H]2C(C(=O)OC)=CN=c3s/c(=C\c4ccc(OCc5ccc6ccccc6c5)c(OCC)c4)c(=O)n32)cc1OCC. The molecule has 1 aliphatic heterocycles. The Hall–Kier alpha value is -5.35. The molecule has 1 aromatic heterocycles. The number of carbonyl (C=O) groups excluding carboxylic acids is 1. The number of ether oxygens (including phenoxy) is 5. The Morgan fingerprint density at radius 3 is 2.25 bits per heavy atom. The zero-order valence-electron chi connectivity index (χ0n) is 27.2. The number of rotatable bonds is 12. The number of hydrogen-bond donors (Lipinski definition) is 0. The number of hydrogen-bond acceptors (Lipinski definition) is 9. The summed E-state index contributed by atoms with van der Waals surface area (Å²) in [5, 5.41) is 2.33. The summed E-state index contributed by atoms with van der Waals surface area (Å²) in [5.74, 6) is 1.70. The van der Waals surface area contributed by atoms with Gasteiger partial charge in [-0.1, -0.05) is 59.9 Å². The largest absolute Gasteiger partial charge is 0.490 e. The van der Waals surface area contributed by atoms with E-state index >= 15 is 0 Å². The third-order valence-electron chi connectivity index (χ3n) is 7.78. The van der Waals surface area contributed by atoms with Crippen LogP contribution in [0, 0.1) is 0 Å². The van der Waals surface area contributed by atoms with Crippen LogP contribution in [0.1, 0.15) is 43.5 Å². The molecule has 5 aromatic rings. The number of benzene rings is 4. The van der Waals surface area contributed by atoms with Crippen molar-refractivity contribution in [2.45, 2.75) is 33.4 Å². The number of carbonyl (C=O) groups is 1. The Kier molecular flexibility index (Phi) is 9.91. The van der Waals surface area contributed by atoms with Crippen molar-refractivity contribution in [2.24, 2.45) is 4.99 Å². The van der Waals surface area contributed by atoms with Gasteiger partial charge in [-0.3, -0.25) is 9.36 Å². The summed E-state index contributed by atoms with van der Waals surface area (Å²) >= 11 is 1.24. The van der Waals surface area contributed by atoms with Crippen molar-refractivity contribution in [3.05, 3.63) is 127 Å². The van der Waals surface area contributed by atoms with Gasteiger partial charge < -0.3 is 23.7 Å². The van der Waals surface area contributed by atoms with E-state index < -0.39 is 12.0 Å². The molecular weight excluding hydrogens is 628 g/mol. The number of aromatic nitrogens is 1. The lowest BCUT2D eigenvalue weighted by atomic mass is 9.97. The van der Waals surface area contributed by atoms with Crippen LogP contribution in [-0.2, 0) is 16.1 Å². The predicted molar refractivity (Wildman–Crippen MR) is 186 cm³/mol. The van der Waals surface area contributed by atoms with E-state index in [2.05, 4.69) is 35.3 Å². The zero-order valence-corrected chi connectivity index (χ0v) is 28.0. The summed E-state index contributed by atoms with van der Waals surface area (Å²) in [5.41, 5.74) is 2.40. The Morgan fingerprint density at radius 2 is 1.50 bits per heavy atom. The van der Waals surface area contributed by atoms with Crippen LogP contribution in [0.5, 0.6) is 23.0 Å². The van der Waals surface area contributed by atoms with Crippen molar-refractivity contribution >= 4 is 34.2 Å². The first-order valence-electron chi connectivity index (χ1n) is 15.8. The molecule has 0 aliphatic carbocycles. The molecule has 0 saturated carbocycles. The van der Waals surface area contributed by atoms with Crippen LogP contribution >= 0.6 is 11.3 Å². The molecule has 1 aliphatic rings. The van der Waals surface area contributed by atoms with Crippen molar-refractivity contribution < 1.29 is 28.5 Å². The molecule has 0 unspecified atom stereocenters. The zero-order chi connectivity index (χ0) is 33.6. The van der Waals surface area contributed by atoms with Crippen molar-refractivity contribution in [3.8, 4) is 23.0 Å². The van der Waals surface area contributed by atoms with Crippen LogP contribution in [0.15, 0.2) is 100 Å². The maximum Gasteiger partial charge on any atom is 0.337 e. The highest BCUT2D eigenvalue weighted by Gasteiger charge is 2.31. The Balaban J connectivity index is 1.35. The molecule has 1 atom stereocenters. The Morgan fingerprint density at radius 1 is 0.812 bits per heavy atom. The topological polar surface area (TPSA) is 97.6 Å². The molecule has 0 N–H and O–H groups in total. The van der Waals surface area contributed by atoms with E-state index in [1.165, 1.54) is 34.6 Å². The minimum atomic E-state index is -0.782. The van der Waals surface area contributed by atoms with Crippen LogP contribution in [0.25, 0.3) is 16.8 Å². The summed E-state index contributed by atoms with van der Waals surface area (Å²) in [6.45, 7) is 7.39. The molecule has 10 heteroatoms. The highest BCUT2D eigenvalue weighted by molar-refractivity contribution is 7.07. The standard InChI is InChI=1S/C38H36N2O7S/c1-5-44-30-17-15-28(21-33(30)46-7-3)35-29(37(42)43-4)22-39-38-40(35)36(41)34(48-38)20-24-13-16-31(32(19-24)45-6-2)47-23-25-12-14-26-10-8-9-11-27(26)18-25/h8-22,35H,5-7,23H2,1-4H3/b34-20-/t35-/m1/s1. The molecule has 6 rings (SSSR count). The van der Waals surface area contributed by atoms with Gasteiger partial charge in [0.25, 0.3) is 5.56 Å². The van der Waals surface area contributed by atoms with Gasteiger partial charge in [-0.25, -0.2) is 9.79 Å². The van der Waals surface area contributed by atoms with E-state index in [1.807, 2.05) is 57.2 Å². The second-order valence-electron chi connectivity index (χ2n) is 10.9. The van der Waals surface area contributed by atoms with Gasteiger partial charge in [0.1, 0.15) is 6.61 Å². The van der Waals surface area contributed by atoms with Gasteiger partial charge in [-0.05, 0) is 84.6 Å². The summed E-state index contributed by atoms with van der Waals surface area (Å²) in [7, 11) is 1.31. The van der Waals surface area contributed by atoms with Crippen molar-refractivity contribution in [2.75, 3.05) is 26.9 Å². The molecule has 0 fully saturated rings. The quantitative estimate of drug-likeness (QED) is 0.152. The molecule has 0 bridgehead atoms. The van der Waals surface area contributed by atoms with E-state index in [0.29, 0.717) is 64.3 Å². The van der Waals surface area contributed by atoms with Crippen molar-refractivity contribution in [3.63, 3.8) is 0 Å². The lowest BCUT2D eigenvalue weighted by Gasteiger charge is -2.23. The highest BCUT2D eigenvalue weighted by Crippen LogP contribution is 2.35. The van der Waals surface area contributed by atoms with Gasteiger partial charge in [-0.15, -0.1) is 0 Å². The number of esters is 1. The van der Waals surface area contributed by atoms with Gasteiger partial charge in [0.2, 0.25) is 0 Å². The van der Waals surface area contributed by atoms with Crippen LogP contribution in [0.2, 0.25) is 0 Å². The fourth-order valence-electron chi connectivity index (χ4n) is 5.63. The summed E-state index contributed by atoms with van der Waals surface area (Å²) in [6.07, 6.45) is 3.26. The smallest absolute Gasteiger partial charge is 0.337 e. The Labute approximate surface area is 281 Å². The van der Waals surface area contributed by atoms with Crippen molar-refractivity contribution in [1.82, 2.24) is 4.57 Å². The molecule has 0 radical (unpaired) electrons. The average molecular weight is 665 g/mol. The van der Waals surface area contributed by atoms with E-state index in [1.54, 1.807) is 18.2 Å². The minimum Gasteiger partial charge on any atom is -0.490 e. The fourth-order valence-corrected chi connectivity index (χ4v) is 6.60. The molecule has 0 amide bonds. The van der Waals surface area contributed by atoms with Crippen LogP contribution < -0.4 is 33.8 Å². The monoisotopic (exact) mass is 664 g/mol. The lowest BCUT2D eigenvalue weighted by molar-refractivity contribution is -0.136. The maximum absolute atomic E-state index is 14.1. The number of nitrogens with zero attached hydrogens (tertiary/aromatic N) is 2. The van der Waals surface area contributed by atoms with Gasteiger partial charge in [0.15, 0.2) is 27.8 Å². The highest BCUT2D eigenvalue weighted by atomic mass is 32.1. The first-order valence-corrected chi connectivity index (χ1v) is 16.6. The van der Waals surface area contributed by atoms with Crippen LogP contribution in [0.3, 0.4) is 0 Å².